The van der Waals surface area contributed by atoms with Crippen LogP contribution in [0.2, 0.25) is 0 Å². The van der Waals surface area contributed by atoms with E-state index in [0.717, 1.165) is 32.8 Å². The van der Waals surface area contributed by atoms with Crippen molar-refractivity contribution in [2.75, 3.05) is 5.75 Å². The highest BCUT2D eigenvalue weighted by molar-refractivity contribution is 8.00. The molecule has 0 unspecified atom stereocenters. The van der Waals surface area contributed by atoms with E-state index >= 15 is 0 Å². The van der Waals surface area contributed by atoms with Gasteiger partial charge in [0.05, 0.1) is 17.2 Å². The molecule has 25 heavy (non-hydrogen) atoms. The minimum absolute atomic E-state index is 0.0885. The second-order valence-electron chi connectivity index (χ2n) is 5.51. The molecule has 0 saturated heterocycles. The van der Waals surface area contributed by atoms with E-state index in [9.17, 15) is 9.18 Å². The molecule has 0 radical (unpaired) electrons. The highest BCUT2D eigenvalue weighted by Crippen LogP contribution is 2.37. The van der Waals surface area contributed by atoms with Gasteiger partial charge in [0.1, 0.15) is 22.0 Å². The molecule has 2 heterocycles. The third-order valence-electron chi connectivity index (χ3n) is 3.72. The molecule has 0 aliphatic heterocycles. The van der Waals surface area contributed by atoms with E-state index in [1.54, 1.807) is 12.1 Å². The summed E-state index contributed by atoms with van der Waals surface area (Å²) < 4.78 is 18.5. The van der Waals surface area contributed by atoms with Gasteiger partial charge in [0, 0.05) is 10.9 Å². The third kappa shape index (κ3) is 4.16. The number of nitrogens with zero attached hydrogens (tertiary/aromatic N) is 2. The number of fused-ring (bicyclic) bond motifs is 1. The Bertz CT molecular complexity index is 880. The summed E-state index contributed by atoms with van der Waals surface area (Å²) in [6.45, 7) is 3.84. The first-order valence-corrected chi connectivity index (χ1v) is 9.75. The molecule has 1 atom stereocenters. The van der Waals surface area contributed by atoms with Crippen molar-refractivity contribution in [3.8, 4) is 11.1 Å². The topological polar surface area (TPSA) is 52.1 Å². The van der Waals surface area contributed by atoms with Crippen LogP contribution in [0.5, 0.6) is 0 Å². The van der Waals surface area contributed by atoms with E-state index in [2.05, 4.69) is 9.97 Å². The van der Waals surface area contributed by atoms with Gasteiger partial charge in [-0.05, 0) is 31.0 Å². The van der Waals surface area contributed by atoms with E-state index in [-0.39, 0.29) is 23.6 Å². The van der Waals surface area contributed by atoms with Crippen molar-refractivity contribution in [1.29, 1.82) is 0 Å². The van der Waals surface area contributed by atoms with E-state index in [1.165, 1.54) is 41.6 Å². The number of aromatic nitrogens is 2. The van der Waals surface area contributed by atoms with Gasteiger partial charge >= 0.3 is 5.97 Å². The van der Waals surface area contributed by atoms with Crippen LogP contribution in [-0.2, 0) is 9.53 Å². The van der Waals surface area contributed by atoms with Crippen LogP contribution in [0.1, 0.15) is 20.3 Å². The Labute approximate surface area is 153 Å². The highest BCUT2D eigenvalue weighted by atomic mass is 32.2. The number of carbonyl (C=O) groups excluding carboxylic acids is 1. The highest BCUT2D eigenvalue weighted by Gasteiger charge is 2.16. The molecule has 1 aromatic carbocycles. The van der Waals surface area contributed by atoms with Crippen molar-refractivity contribution in [3.63, 3.8) is 0 Å². The minimum Gasteiger partial charge on any atom is -0.462 e. The van der Waals surface area contributed by atoms with Gasteiger partial charge in [-0.1, -0.05) is 30.8 Å². The smallest absolute Gasteiger partial charge is 0.316 e. The van der Waals surface area contributed by atoms with Gasteiger partial charge in [-0.25, -0.2) is 14.4 Å². The second kappa shape index (κ2) is 7.93. The zero-order valence-electron chi connectivity index (χ0n) is 13.9. The Hall–Kier alpha value is -1.99. The Kier molecular flexibility index (Phi) is 5.65. The fourth-order valence-corrected chi connectivity index (χ4v) is 4.04. The third-order valence-corrected chi connectivity index (χ3v) is 5.57. The molecule has 2 aromatic heterocycles. The molecule has 130 valence electrons. The lowest BCUT2D eigenvalue weighted by atomic mass is 10.1. The van der Waals surface area contributed by atoms with Crippen LogP contribution >= 0.6 is 23.1 Å². The number of esters is 1. The standard InChI is InChI=1S/C18H17FN2O2S2/c1-3-11(2)23-15(22)9-25-18-16-14(8-24-17(16)20-10-21-18)12-4-6-13(19)7-5-12/h4-8,10-11H,3,9H2,1-2H3/t11-/m1/s1. The van der Waals surface area contributed by atoms with Crippen LogP contribution in [0.4, 0.5) is 4.39 Å². The number of hydrogen-bond acceptors (Lipinski definition) is 6. The molecule has 0 N–H and O–H groups in total. The largest absolute Gasteiger partial charge is 0.462 e. The van der Waals surface area contributed by atoms with Crippen molar-refractivity contribution < 1.29 is 13.9 Å². The average Bonchev–Trinajstić information content (AvgIpc) is 3.05. The Morgan fingerprint density at radius 2 is 2.08 bits per heavy atom. The Morgan fingerprint density at radius 1 is 1.32 bits per heavy atom. The summed E-state index contributed by atoms with van der Waals surface area (Å²) in [5, 5.41) is 3.60. The first kappa shape index (κ1) is 17.8. The molecular weight excluding hydrogens is 359 g/mol. The minimum atomic E-state index is -0.276. The second-order valence-corrected chi connectivity index (χ2v) is 7.33. The molecular formula is C18H17FN2O2S2. The summed E-state index contributed by atoms with van der Waals surface area (Å²) in [7, 11) is 0. The normalized spacial score (nSPS) is 12.3. The van der Waals surface area contributed by atoms with Gasteiger partial charge in [0.2, 0.25) is 0 Å². The lowest BCUT2D eigenvalue weighted by Gasteiger charge is -2.10. The summed E-state index contributed by atoms with van der Waals surface area (Å²) in [6.07, 6.45) is 2.19. The predicted molar refractivity (Wildman–Crippen MR) is 99.4 cm³/mol. The van der Waals surface area contributed by atoms with Crippen LogP contribution < -0.4 is 0 Å². The average molecular weight is 376 g/mol. The van der Waals surface area contributed by atoms with E-state index < -0.39 is 0 Å². The van der Waals surface area contributed by atoms with E-state index in [4.69, 9.17) is 4.74 Å². The Balaban J connectivity index is 1.87. The molecule has 0 spiro atoms. The van der Waals surface area contributed by atoms with Gasteiger partial charge in [0.15, 0.2) is 0 Å². The molecule has 7 heteroatoms. The monoisotopic (exact) mass is 376 g/mol. The summed E-state index contributed by atoms with van der Waals surface area (Å²) >= 11 is 2.84. The number of thiophene rings is 1. The SMILES string of the molecule is CC[C@@H](C)OC(=O)CSc1ncnc2scc(-c3ccc(F)cc3)c12. The first-order chi connectivity index (χ1) is 12.1. The fourth-order valence-electron chi connectivity index (χ4n) is 2.27. The van der Waals surface area contributed by atoms with Crippen molar-refractivity contribution in [2.45, 2.75) is 31.4 Å². The molecule has 0 aliphatic rings. The number of ether oxygens (including phenoxy) is 1. The van der Waals surface area contributed by atoms with Gasteiger partial charge < -0.3 is 4.74 Å². The van der Waals surface area contributed by atoms with E-state index in [0.29, 0.717) is 0 Å². The van der Waals surface area contributed by atoms with Gasteiger partial charge in [0.25, 0.3) is 0 Å². The summed E-state index contributed by atoms with van der Waals surface area (Å²) in [5.41, 5.74) is 1.84. The van der Waals surface area contributed by atoms with Crippen LogP contribution in [0.25, 0.3) is 21.3 Å². The lowest BCUT2D eigenvalue weighted by molar-refractivity contribution is -0.144. The molecule has 4 nitrogen and oxygen atoms in total. The van der Waals surface area contributed by atoms with Crippen LogP contribution in [-0.4, -0.2) is 27.8 Å². The quantitative estimate of drug-likeness (QED) is 0.347. The zero-order chi connectivity index (χ0) is 17.8. The molecule has 3 aromatic rings. The summed E-state index contributed by atoms with van der Waals surface area (Å²) in [4.78, 5) is 21.4. The van der Waals surface area contributed by atoms with Crippen molar-refractivity contribution in [3.05, 3.63) is 41.8 Å². The van der Waals surface area contributed by atoms with Crippen LogP contribution in [0.15, 0.2) is 41.0 Å². The summed E-state index contributed by atoms with van der Waals surface area (Å²) in [6, 6.07) is 6.32. The Morgan fingerprint density at radius 3 is 2.80 bits per heavy atom. The number of carbonyl (C=O) groups is 1. The molecule has 0 bridgehead atoms. The number of thioether (sulfide) groups is 1. The zero-order valence-corrected chi connectivity index (χ0v) is 15.5. The molecule has 0 amide bonds. The maximum absolute atomic E-state index is 13.2. The maximum atomic E-state index is 13.2. The molecule has 0 saturated carbocycles. The van der Waals surface area contributed by atoms with Crippen molar-refractivity contribution >= 4 is 39.3 Å². The number of halogens is 1. The number of benzene rings is 1. The van der Waals surface area contributed by atoms with Gasteiger partial charge in [-0.15, -0.1) is 11.3 Å². The molecule has 3 rings (SSSR count). The fraction of sp³-hybridized carbons (Fsp3) is 0.278. The van der Waals surface area contributed by atoms with Gasteiger partial charge in [-0.2, -0.15) is 0 Å². The van der Waals surface area contributed by atoms with Gasteiger partial charge in [-0.3, -0.25) is 4.79 Å². The van der Waals surface area contributed by atoms with Crippen LogP contribution in [0.3, 0.4) is 0 Å². The maximum Gasteiger partial charge on any atom is 0.316 e. The molecule has 0 fully saturated rings. The van der Waals surface area contributed by atoms with Crippen molar-refractivity contribution in [2.24, 2.45) is 0 Å². The van der Waals surface area contributed by atoms with E-state index in [1.807, 2.05) is 19.2 Å². The first-order valence-electron chi connectivity index (χ1n) is 7.89. The number of rotatable bonds is 6. The van der Waals surface area contributed by atoms with Crippen molar-refractivity contribution in [1.82, 2.24) is 9.97 Å². The summed E-state index contributed by atoms with van der Waals surface area (Å²) in [5.74, 6) is -0.346. The van der Waals surface area contributed by atoms with Crippen LogP contribution in [0, 0.1) is 5.82 Å². The lowest BCUT2D eigenvalue weighted by Crippen LogP contribution is -2.15. The number of hydrogen-bond donors (Lipinski definition) is 0. The predicted octanol–water partition coefficient (Wildman–Crippen LogP) is 4.93. The molecule has 0 aliphatic carbocycles.